The van der Waals surface area contributed by atoms with Crippen LogP contribution in [0, 0.1) is 12.8 Å². The quantitative estimate of drug-likeness (QED) is 0.678. The predicted molar refractivity (Wildman–Crippen MR) is 112 cm³/mol. The molecule has 1 amide bonds. The van der Waals surface area contributed by atoms with Crippen LogP contribution in [-0.4, -0.2) is 61.1 Å². The van der Waals surface area contributed by atoms with Gasteiger partial charge in [0, 0.05) is 29.4 Å². The van der Waals surface area contributed by atoms with Crippen molar-refractivity contribution in [3.05, 3.63) is 40.4 Å². The summed E-state index contributed by atoms with van der Waals surface area (Å²) in [6.07, 6.45) is -3.70. The Kier molecular flexibility index (Phi) is 6.58. The predicted octanol–water partition coefficient (Wildman–Crippen LogP) is 3.92. The molecule has 10 heteroatoms. The van der Waals surface area contributed by atoms with Crippen molar-refractivity contribution < 1.29 is 32.2 Å². The lowest BCUT2D eigenvalue weighted by Gasteiger charge is -2.40. The van der Waals surface area contributed by atoms with Crippen LogP contribution in [-0.2, 0) is 31.6 Å². The van der Waals surface area contributed by atoms with Crippen molar-refractivity contribution in [1.82, 2.24) is 9.88 Å². The van der Waals surface area contributed by atoms with E-state index in [9.17, 15) is 18.0 Å². The van der Waals surface area contributed by atoms with Crippen molar-refractivity contribution >= 4 is 17.2 Å². The second kappa shape index (κ2) is 9.09. The minimum atomic E-state index is -4.36. The van der Waals surface area contributed by atoms with Crippen molar-refractivity contribution in [3.8, 4) is 10.6 Å². The highest BCUT2D eigenvalue weighted by Crippen LogP contribution is 2.34. The Morgan fingerprint density at radius 3 is 2.41 bits per heavy atom. The number of hydrogen-bond acceptors (Lipinski definition) is 6. The van der Waals surface area contributed by atoms with Crippen LogP contribution in [0.15, 0.2) is 24.3 Å². The Morgan fingerprint density at radius 1 is 1.19 bits per heavy atom. The fourth-order valence-electron chi connectivity index (χ4n) is 3.74. The standard InChI is InChI=1S/C22H25F3N2O4S/c1-14-18(32-19(26-14)16-3-5-17(6-4-16)22(23,24)25)11-15-12-30-21(2,31-13-15)20(28)27-7-9-29-10-8-27/h3-6,15H,7-13H2,1-2H3. The zero-order chi connectivity index (χ0) is 22.9. The molecule has 4 rings (SSSR count). The van der Waals surface area contributed by atoms with Gasteiger partial charge in [-0.15, -0.1) is 11.3 Å². The van der Waals surface area contributed by atoms with Gasteiger partial charge in [0.2, 0.25) is 5.79 Å². The molecule has 2 saturated heterocycles. The van der Waals surface area contributed by atoms with Crippen molar-refractivity contribution in [2.45, 2.75) is 32.2 Å². The molecule has 0 saturated carbocycles. The minimum Gasteiger partial charge on any atom is -0.378 e. The van der Waals surface area contributed by atoms with Gasteiger partial charge < -0.3 is 19.1 Å². The first kappa shape index (κ1) is 23.2. The molecular formula is C22H25F3N2O4S. The Labute approximate surface area is 188 Å². The second-order valence-electron chi connectivity index (χ2n) is 8.15. The number of amides is 1. The average Bonchev–Trinajstić information content (AvgIpc) is 3.15. The van der Waals surface area contributed by atoms with Gasteiger partial charge in [-0.1, -0.05) is 12.1 Å². The largest absolute Gasteiger partial charge is 0.416 e. The van der Waals surface area contributed by atoms with Crippen LogP contribution in [0.5, 0.6) is 0 Å². The van der Waals surface area contributed by atoms with Gasteiger partial charge in [0.15, 0.2) is 0 Å². The van der Waals surface area contributed by atoms with Gasteiger partial charge in [0.25, 0.3) is 5.91 Å². The van der Waals surface area contributed by atoms with Crippen LogP contribution in [0.4, 0.5) is 13.2 Å². The van der Waals surface area contributed by atoms with Gasteiger partial charge in [0.1, 0.15) is 5.01 Å². The van der Waals surface area contributed by atoms with Crippen LogP contribution in [0.1, 0.15) is 23.1 Å². The molecule has 2 aliphatic heterocycles. The lowest BCUT2D eigenvalue weighted by Crippen LogP contribution is -2.56. The van der Waals surface area contributed by atoms with Crippen LogP contribution >= 0.6 is 11.3 Å². The number of aromatic nitrogens is 1. The summed E-state index contributed by atoms with van der Waals surface area (Å²) in [4.78, 5) is 20.1. The SMILES string of the molecule is Cc1nc(-c2ccc(C(F)(F)F)cc2)sc1CC1COC(C)(C(=O)N2CCOCC2)OC1. The molecule has 2 fully saturated rings. The summed E-state index contributed by atoms with van der Waals surface area (Å²) in [5.41, 5.74) is 0.806. The fourth-order valence-corrected chi connectivity index (χ4v) is 4.93. The molecule has 2 aromatic rings. The first-order valence-electron chi connectivity index (χ1n) is 10.4. The normalized spacial score (nSPS) is 24.5. The third-order valence-corrected chi connectivity index (χ3v) is 6.93. The molecule has 6 nitrogen and oxygen atoms in total. The zero-order valence-corrected chi connectivity index (χ0v) is 18.7. The topological polar surface area (TPSA) is 60.9 Å². The number of aryl methyl sites for hydroxylation is 1. The molecule has 32 heavy (non-hydrogen) atoms. The summed E-state index contributed by atoms with van der Waals surface area (Å²) in [6.45, 7) is 6.36. The van der Waals surface area contributed by atoms with Crippen molar-refractivity contribution in [1.29, 1.82) is 0 Å². The summed E-state index contributed by atoms with van der Waals surface area (Å²) >= 11 is 1.46. The highest BCUT2D eigenvalue weighted by atomic mass is 32.1. The number of carbonyl (C=O) groups is 1. The van der Waals surface area contributed by atoms with E-state index in [2.05, 4.69) is 4.98 Å². The van der Waals surface area contributed by atoms with Crippen LogP contribution < -0.4 is 0 Å². The summed E-state index contributed by atoms with van der Waals surface area (Å²) in [7, 11) is 0. The molecule has 0 bridgehead atoms. The summed E-state index contributed by atoms with van der Waals surface area (Å²) in [5.74, 6) is -1.42. The maximum Gasteiger partial charge on any atom is 0.416 e. The van der Waals surface area contributed by atoms with E-state index in [1.807, 2.05) is 6.92 Å². The van der Waals surface area contributed by atoms with E-state index in [1.165, 1.54) is 23.5 Å². The molecule has 0 radical (unpaired) electrons. The Balaban J connectivity index is 1.37. The number of ether oxygens (including phenoxy) is 3. The van der Waals surface area contributed by atoms with Gasteiger partial charge in [-0.05, 0) is 32.4 Å². The third kappa shape index (κ3) is 4.98. The molecule has 0 unspecified atom stereocenters. The Bertz CT molecular complexity index is 947. The number of benzene rings is 1. The highest BCUT2D eigenvalue weighted by molar-refractivity contribution is 7.15. The van der Waals surface area contributed by atoms with Crippen molar-refractivity contribution in [2.75, 3.05) is 39.5 Å². The summed E-state index contributed by atoms with van der Waals surface area (Å²) in [5, 5.41) is 0.677. The molecule has 0 atom stereocenters. The first-order valence-corrected chi connectivity index (χ1v) is 11.3. The number of rotatable bonds is 4. The van der Waals surface area contributed by atoms with Crippen molar-refractivity contribution in [2.24, 2.45) is 5.92 Å². The molecule has 2 aliphatic rings. The number of thiazole rings is 1. The van der Waals surface area contributed by atoms with E-state index < -0.39 is 17.5 Å². The number of nitrogens with zero attached hydrogens (tertiary/aromatic N) is 2. The van der Waals surface area contributed by atoms with Gasteiger partial charge in [0.05, 0.1) is 37.7 Å². The van der Waals surface area contributed by atoms with Gasteiger partial charge in [-0.25, -0.2) is 4.98 Å². The smallest absolute Gasteiger partial charge is 0.378 e. The number of morpholine rings is 1. The van der Waals surface area contributed by atoms with Gasteiger partial charge in [-0.2, -0.15) is 13.2 Å². The monoisotopic (exact) mass is 470 g/mol. The van der Waals surface area contributed by atoms with Crippen LogP contribution in [0.3, 0.4) is 0 Å². The van der Waals surface area contributed by atoms with Gasteiger partial charge in [-0.3, -0.25) is 4.79 Å². The van der Waals surface area contributed by atoms with Crippen LogP contribution in [0.2, 0.25) is 0 Å². The third-order valence-electron chi connectivity index (χ3n) is 5.70. The minimum absolute atomic E-state index is 0.0557. The van der Waals surface area contributed by atoms with E-state index in [0.717, 1.165) is 22.7 Å². The zero-order valence-electron chi connectivity index (χ0n) is 17.9. The molecule has 0 N–H and O–H groups in total. The van der Waals surface area contributed by atoms with Gasteiger partial charge >= 0.3 is 6.18 Å². The molecule has 0 aliphatic carbocycles. The molecule has 174 valence electrons. The second-order valence-corrected chi connectivity index (χ2v) is 9.23. The Morgan fingerprint density at radius 2 is 1.81 bits per heavy atom. The molecule has 1 aromatic carbocycles. The molecule has 3 heterocycles. The van der Waals surface area contributed by atoms with E-state index in [1.54, 1.807) is 11.8 Å². The molecule has 0 spiro atoms. The average molecular weight is 471 g/mol. The maximum atomic E-state index is 12.8. The fraction of sp³-hybridized carbons (Fsp3) is 0.545. The maximum absolute atomic E-state index is 12.8. The number of halogens is 3. The number of alkyl halides is 3. The Hall–Kier alpha value is -2.01. The van der Waals surface area contributed by atoms with E-state index in [4.69, 9.17) is 14.2 Å². The number of hydrogen-bond donors (Lipinski definition) is 0. The van der Waals surface area contributed by atoms with Crippen LogP contribution in [0.25, 0.3) is 10.6 Å². The molecule has 1 aromatic heterocycles. The lowest BCUT2D eigenvalue weighted by molar-refractivity contribution is -0.267. The molecular weight excluding hydrogens is 445 g/mol. The van der Waals surface area contributed by atoms with E-state index in [0.29, 0.717) is 56.5 Å². The summed E-state index contributed by atoms with van der Waals surface area (Å²) < 4.78 is 55.4. The highest BCUT2D eigenvalue weighted by Gasteiger charge is 2.43. The first-order chi connectivity index (χ1) is 15.2. The lowest BCUT2D eigenvalue weighted by atomic mass is 10.0. The van der Waals surface area contributed by atoms with E-state index in [-0.39, 0.29) is 11.8 Å². The summed E-state index contributed by atoms with van der Waals surface area (Å²) in [6, 6.07) is 5.03. The van der Waals surface area contributed by atoms with Crippen molar-refractivity contribution in [3.63, 3.8) is 0 Å². The van der Waals surface area contributed by atoms with E-state index >= 15 is 0 Å². The number of carbonyl (C=O) groups excluding carboxylic acids is 1.